The molecule has 2 rings (SSSR count). The van der Waals surface area contributed by atoms with Crippen molar-refractivity contribution in [2.45, 2.75) is 11.8 Å². The molecule has 8 heteroatoms. The minimum absolute atomic E-state index is 0.115. The quantitative estimate of drug-likeness (QED) is 0.484. The molecule has 0 aliphatic carbocycles. The van der Waals surface area contributed by atoms with E-state index in [1.165, 1.54) is 6.07 Å². The molecule has 0 saturated heterocycles. The van der Waals surface area contributed by atoms with Gasteiger partial charge in [-0.3, -0.25) is 4.72 Å². The molecule has 4 nitrogen and oxygen atoms in total. The van der Waals surface area contributed by atoms with Gasteiger partial charge in [-0.15, -0.1) is 0 Å². The topological polar surface area (TPSA) is 72.2 Å². The zero-order valence-electron chi connectivity index (χ0n) is 10.8. The Bertz CT molecular complexity index is 812. The minimum Gasteiger partial charge on any atom is -0.398 e. The number of nitrogens with one attached hydrogen (secondary N) is 1. The first-order chi connectivity index (χ1) is 9.70. The van der Waals surface area contributed by atoms with Crippen LogP contribution in [0.25, 0.3) is 0 Å². The summed E-state index contributed by atoms with van der Waals surface area (Å²) < 4.78 is 29.0. The first-order valence-electron chi connectivity index (χ1n) is 5.74. The van der Waals surface area contributed by atoms with Crippen molar-refractivity contribution >= 4 is 71.5 Å². The van der Waals surface area contributed by atoms with E-state index < -0.39 is 10.0 Å². The van der Waals surface area contributed by atoms with Crippen LogP contribution in [0.3, 0.4) is 0 Å². The average molecular weight is 502 g/mol. The fraction of sp³-hybridized carbons (Fsp3) is 0.0769. The lowest BCUT2D eigenvalue weighted by molar-refractivity contribution is 0.600. The van der Waals surface area contributed by atoms with E-state index in [1.54, 1.807) is 31.2 Å². The Morgan fingerprint density at radius 1 is 1.29 bits per heavy atom. The maximum atomic E-state index is 12.5. The SMILES string of the molecule is Cc1c(N)cc(Br)cc1S(=O)(=O)Nc1ccc(I)cc1Cl. The smallest absolute Gasteiger partial charge is 0.262 e. The Morgan fingerprint density at radius 3 is 2.57 bits per heavy atom. The third-order valence-corrected chi connectivity index (χ3v) is 5.76. The second-order valence-corrected chi connectivity index (χ2v) is 8.57. The highest BCUT2D eigenvalue weighted by atomic mass is 127. The van der Waals surface area contributed by atoms with E-state index in [1.807, 2.05) is 0 Å². The van der Waals surface area contributed by atoms with Crippen LogP contribution < -0.4 is 10.5 Å². The number of nitrogens with two attached hydrogens (primary N) is 1. The third-order valence-electron chi connectivity index (χ3n) is 2.83. The van der Waals surface area contributed by atoms with Gasteiger partial charge in [-0.25, -0.2) is 8.42 Å². The zero-order chi connectivity index (χ0) is 15.8. The number of sulfonamides is 1. The van der Waals surface area contributed by atoms with Crippen LogP contribution in [0.1, 0.15) is 5.56 Å². The largest absolute Gasteiger partial charge is 0.398 e. The van der Waals surface area contributed by atoms with Crippen molar-refractivity contribution in [3.63, 3.8) is 0 Å². The van der Waals surface area contributed by atoms with Gasteiger partial charge in [0.1, 0.15) is 0 Å². The van der Waals surface area contributed by atoms with Gasteiger partial charge < -0.3 is 5.73 Å². The summed E-state index contributed by atoms with van der Waals surface area (Å²) in [6, 6.07) is 8.24. The number of hydrogen-bond donors (Lipinski definition) is 2. The zero-order valence-corrected chi connectivity index (χ0v) is 16.1. The van der Waals surface area contributed by atoms with E-state index >= 15 is 0 Å². The Balaban J connectivity index is 2.48. The van der Waals surface area contributed by atoms with Crippen LogP contribution in [0.5, 0.6) is 0 Å². The lowest BCUT2D eigenvalue weighted by Gasteiger charge is -2.13. The normalized spacial score (nSPS) is 11.4. The van der Waals surface area contributed by atoms with E-state index in [-0.39, 0.29) is 4.90 Å². The molecule has 3 N–H and O–H groups in total. The molecule has 0 aliphatic heterocycles. The van der Waals surface area contributed by atoms with Crippen LogP contribution in [0.4, 0.5) is 11.4 Å². The van der Waals surface area contributed by atoms with Crippen LogP contribution in [-0.4, -0.2) is 8.42 Å². The van der Waals surface area contributed by atoms with Crippen molar-refractivity contribution in [1.82, 2.24) is 0 Å². The number of benzene rings is 2. The summed E-state index contributed by atoms with van der Waals surface area (Å²) in [7, 11) is -3.77. The summed E-state index contributed by atoms with van der Waals surface area (Å²) in [5, 5.41) is 0.339. The highest BCUT2D eigenvalue weighted by molar-refractivity contribution is 14.1. The van der Waals surface area contributed by atoms with Gasteiger partial charge >= 0.3 is 0 Å². The van der Waals surface area contributed by atoms with E-state index in [9.17, 15) is 8.42 Å². The molecular formula is C13H11BrClIN2O2S. The molecule has 2 aromatic rings. The Morgan fingerprint density at radius 2 is 1.95 bits per heavy atom. The van der Waals surface area contributed by atoms with Gasteiger partial charge in [-0.2, -0.15) is 0 Å². The predicted molar refractivity (Wildman–Crippen MR) is 98.3 cm³/mol. The molecule has 0 radical (unpaired) electrons. The fourth-order valence-electron chi connectivity index (χ4n) is 1.73. The Hall–Kier alpha value is -0.510. The number of nitrogen functional groups attached to an aromatic ring is 1. The average Bonchev–Trinajstić information content (AvgIpc) is 2.37. The molecular weight excluding hydrogens is 490 g/mol. The summed E-state index contributed by atoms with van der Waals surface area (Å²) in [5.41, 5.74) is 7.04. The van der Waals surface area contributed by atoms with Crippen molar-refractivity contribution in [1.29, 1.82) is 0 Å². The molecule has 0 aromatic heterocycles. The van der Waals surface area contributed by atoms with Crippen molar-refractivity contribution in [2.24, 2.45) is 0 Å². The number of rotatable bonds is 3. The van der Waals surface area contributed by atoms with Crippen molar-refractivity contribution in [2.75, 3.05) is 10.5 Å². The second-order valence-electron chi connectivity index (χ2n) is 4.35. The van der Waals surface area contributed by atoms with E-state index in [0.29, 0.717) is 26.4 Å². The third kappa shape index (κ3) is 3.82. The number of halogens is 3. The molecule has 0 heterocycles. The Kier molecular flexibility index (Phi) is 5.07. The molecule has 0 unspecified atom stereocenters. The summed E-state index contributed by atoms with van der Waals surface area (Å²) in [4.78, 5) is 0.115. The van der Waals surface area contributed by atoms with Gasteiger partial charge in [0, 0.05) is 13.7 Å². The number of hydrogen-bond acceptors (Lipinski definition) is 3. The summed E-state index contributed by atoms with van der Waals surface area (Å²) in [6.45, 7) is 1.66. The standard InChI is InChI=1S/C13H11BrClIN2O2S/c1-7-11(17)4-8(14)5-13(7)21(19,20)18-12-3-2-9(16)6-10(12)15/h2-6,18H,17H2,1H3. The first kappa shape index (κ1) is 16.9. The maximum Gasteiger partial charge on any atom is 0.262 e. The second kappa shape index (κ2) is 6.31. The molecule has 0 aliphatic rings. The first-order valence-corrected chi connectivity index (χ1v) is 9.47. The molecule has 0 amide bonds. The van der Waals surface area contributed by atoms with Crippen LogP contribution in [-0.2, 0) is 10.0 Å². The van der Waals surface area contributed by atoms with Crippen LogP contribution in [0.15, 0.2) is 39.7 Å². The van der Waals surface area contributed by atoms with E-state index in [2.05, 4.69) is 43.2 Å². The van der Waals surface area contributed by atoms with Gasteiger partial charge in [-0.05, 0) is 65.4 Å². The summed E-state index contributed by atoms with van der Waals surface area (Å²) >= 11 is 11.4. The van der Waals surface area contributed by atoms with Crippen molar-refractivity contribution in [3.8, 4) is 0 Å². The highest BCUT2D eigenvalue weighted by Crippen LogP contribution is 2.30. The predicted octanol–water partition coefficient (Wildman–Crippen LogP) is 4.40. The van der Waals surface area contributed by atoms with Gasteiger partial charge in [0.05, 0.1) is 15.6 Å². The van der Waals surface area contributed by atoms with Crippen molar-refractivity contribution < 1.29 is 8.42 Å². The Labute approximate surface area is 150 Å². The van der Waals surface area contributed by atoms with Gasteiger partial charge in [0.2, 0.25) is 0 Å². The number of anilines is 2. The lowest BCUT2D eigenvalue weighted by atomic mass is 10.2. The molecule has 0 bridgehead atoms. The molecule has 0 saturated carbocycles. The van der Waals surface area contributed by atoms with Gasteiger partial charge in [0.25, 0.3) is 10.0 Å². The maximum absolute atomic E-state index is 12.5. The summed E-state index contributed by atoms with van der Waals surface area (Å²) in [6.07, 6.45) is 0. The minimum atomic E-state index is -3.77. The van der Waals surface area contributed by atoms with Crippen LogP contribution in [0, 0.1) is 10.5 Å². The molecule has 21 heavy (non-hydrogen) atoms. The lowest BCUT2D eigenvalue weighted by Crippen LogP contribution is -2.15. The molecule has 0 spiro atoms. The monoisotopic (exact) mass is 500 g/mol. The molecule has 112 valence electrons. The van der Waals surface area contributed by atoms with Crippen molar-refractivity contribution in [3.05, 3.63) is 49.0 Å². The summed E-state index contributed by atoms with van der Waals surface area (Å²) in [5.74, 6) is 0. The fourth-order valence-corrected chi connectivity index (χ4v) is 4.69. The van der Waals surface area contributed by atoms with Gasteiger partial charge in [-0.1, -0.05) is 27.5 Å². The van der Waals surface area contributed by atoms with Gasteiger partial charge in [0.15, 0.2) is 0 Å². The van der Waals surface area contributed by atoms with E-state index in [0.717, 1.165) is 3.57 Å². The van der Waals surface area contributed by atoms with E-state index in [4.69, 9.17) is 17.3 Å². The molecule has 0 fully saturated rings. The highest BCUT2D eigenvalue weighted by Gasteiger charge is 2.20. The van der Waals surface area contributed by atoms with Crippen LogP contribution >= 0.6 is 50.1 Å². The van der Waals surface area contributed by atoms with Crippen LogP contribution in [0.2, 0.25) is 5.02 Å². The molecule has 2 aromatic carbocycles. The molecule has 0 atom stereocenters.